The number of sulfone groups is 1. The fraction of sp³-hybridized carbons (Fsp3) is 0.727. The first-order valence-corrected chi connectivity index (χ1v) is 9.44. The summed E-state index contributed by atoms with van der Waals surface area (Å²) in [7, 11) is -3.27. The van der Waals surface area contributed by atoms with Crippen molar-refractivity contribution >= 4 is 27.5 Å². The third kappa shape index (κ3) is 6.02. The van der Waals surface area contributed by atoms with E-state index in [2.05, 4.69) is 10.2 Å². The minimum absolute atomic E-state index is 0.0259. The second-order valence-electron chi connectivity index (χ2n) is 4.47. The Bertz CT molecular complexity index is 570. The molecule has 1 rings (SSSR count). The maximum absolute atomic E-state index is 11.7. The first kappa shape index (κ1) is 17.9. The van der Waals surface area contributed by atoms with Crippen LogP contribution in [-0.4, -0.2) is 46.3 Å². The number of rotatable bonds is 10. The Morgan fingerprint density at radius 3 is 2.62 bits per heavy atom. The average molecular weight is 335 g/mol. The van der Waals surface area contributed by atoms with Gasteiger partial charge in [0.05, 0.1) is 18.1 Å². The molecule has 0 bridgehead atoms. The zero-order valence-corrected chi connectivity index (χ0v) is 13.6. The van der Waals surface area contributed by atoms with Crippen molar-refractivity contribution < 1.29 is 13.2 Å². The Morgan fingerprint density at radius 2 is 2.05 bits per heavy atom. The van der Waals surface area contributed by atoms with E-state index in [9.17, 15) is 13.2 Å². The van der Waals surface area contributed by atoms with Crippen LogP contribution in [0.5, 0.6) is 0 Å². The van der Waals surface area contributed by atoms with E-state index < -0.39 is 15.7 Å². The van der Waals surface area contributed by atoms with Crippen LogP contribution in [0.1, 0.15) is 25.6 Å². The van der Waals surface area contributed by atoms with Gasteiger partial charge in [0.1, 0.15) is 5.82 Å². The van der Waals surface area contributed by atoms with Crippen LogP contribution in [0.15, 0.2) is 5.16 Å². The molecule has 8 nitrogen and oxygen atoms in total. The molecule has 0 radical (unpaired) electrons. The van der Waals surface area contributed by atoms with Crippen molar-refractivity contribution in [2.45, 2.75) is 38.0 Å². The molecule has 1 heterocycles. The number of carbonyl (C=O) groups is 1. The maximum atomic E-state index is 11.7. The molecule has 0 fully saturated rings. The Balaban J connectivity index is 2.56. The summed E-state index contributed by atoms with van der Waals surface area (Å²) in [5.74, 6) is 0.200. The van der Waals surface area contributed by atoms with Crippen molar-refractivity contribution in [1.82, 2.24) is 14.8 Å². The highest BCUT2D eigenvalue weighted by atomic mass is 32.2. The van der Waals surface area contributed by atoms with Gasteiger partial charge in [0, 0.05) is 18.7 Å². The van der Waals surface area contributed by atoms with E-state index in [1.165, 1.54) is 11.8 Å². The number of carbonyl (C=O) groups excluding carboxylic acids is 1. The topological polar surface area (TPSA) is 134 Å². The molecule has 10 heteroatoms. The van der Waals surface area contributed by atoms with E-state index >= 15 is 0 Å². The van der Waals surface area contributed by atoms with Crippen LogP contribution < -0.4 is 11.5 Å². The number of amides is 1. The second-order valence-corrected chi connectivity index (χ2v) is 7.84. The van der Waals surface area contributed by atoms with Gasteiger partial charge in [-0.3, -0.25) is 4.79 Å². The molecule has 120 valence electrons. The normalized spacial score (nSPS) is 11.7. The van der Waals surface area contributed by atoms with Crippen molar-refractivity contribution in [3.63, 3.8) is 0 Å². The van der Waals surface area contributed by atoms with E-state index in [1.807, 2.05) is 11.5 Å². The van der Waals surface area contributed by atoms with Gasteiger partial charge < -0.3 is 16.0 Å². The lowest BCUT2D eigenvalue weighted by molar-refractivity contribution is -0.117. The lowest BCUT2D eigenvalue weighted by Crippen LogP contribution is -2.20. The molecule has 0 aliphatic carbocycles. The molecule has 0 aliphatic rings. The molecule has 0 unspecified atom stereocenters. The molecule has 1 aromatic heterocycles. The fourth-order valence-corrected chi connectivity index (χ4v) is 4.34. The molecule has 0 spiro atoms. The van der Waals surface area contributed by atoms with Crippen molar-refractivity contribution in [2.24, 2.45) is 11.5 Å². The number of hydrogen-bond acceptors (Lipinski definition) is 7. The van der Waals surface area contributed by atoms with Crippen molar-refractivity contribution in [3.05, 3.63) is 5.82 Å². The van der Waals surface area contributed by atoms with Crippen LogP contribution in [0.2, 0.25) is 0 Å². The average Bonchev–Trinajstić information content (AvgIpc) is 2.79. The van der Waals surface area contributed by atoms with Crippen molar-refractivity contribution in [2.75, 3.05) is 17.3 Å². The molecule has 1 aromatic rings. The molecule has 0 aliphatic heterocycles. The number of primary amides is 1. The first-order chi connectivity index (χ1) is 9.89. The molecule has 0 saturated heterocycles. The van der Waals surface area contributed by atoms with Crippen LogP contribution in [0.4, 0.5) is 0 Å². The largest absolute Gasteiger partial charge is 0.370 e. The standard InChI is InChI=1S/C11H21N5O3S2/c1-2-4-16-10(8-12)14-15-11(16)20-5-7-21(18,19)6-3-9(13)17/h2-8,12H2,1H3,(H2,13,17). The fourth-order valence-electron chi connectivity index (χ4n) is 1.64. The summed E-state index contributed by atoms with van der Waals surface area (Å²) in [5, 5.41) is 8.68. The zero-order valence-electron chi connectivity index (χ0n) is 12.0. The third-order valence-electron chi connectivity index (χ3n) is 2.71. The minimum Gasteiger partial charge on any atom is -0.370 e. The summed E-state index contributed by atoms with van der Waals surface area (Å²) in [6, 6.07) is 0. The highest BCUT2D eigenvalue weighted by Crippen LogP contribution is 2.18. The molecule has 1 amide bonds. The molecule has 0 aromatic carbocycles. The predicted octanol–water partition coefficient (Wildman–Crippen LogP) is -0.471. The summed E-state index contributed by atoms with van der Waals surface area (Å²) in [6.45, 7) is 3.07. The van der Waals surface area contributed by atoms with Gasteiger partial charge in [-0.15, -0.1) is 10.2 Å². The molecule has 4 N–H and O–H groups in total. The Labute approximate surface area is 128 Å². The number of nitrogens with two attached hydrogens (primary N) is 2. The molecular weight excluding hydrogens is 314 g/mol. The van der Waals surface area contributed by atoms with Gasteiger partial charge in [-0.25, -0.2) is 8.42 Å². The van der Waals surface area contributed by atoms with Gasteiger partial charge >= 0.3 is 0 Å². The van der Waals surface area contributed by atoms with Gasteiger partial charge in [-0.2, -0.15) is 0 Å². The van der Waals surface area contributed by atoms with Gasteiger partial charge in [0.25, 0.3) is 0 Å². The van der Waals surface area contributed by atoms with Crippen LogP contribution in [0, 0.1) is 0 Å². The number of hydrogen-bond donors (Lipinski definition) is 2. The summed E-state index contributed by atoms with van der Waals surface area (Å²) >= 11 is 1.32. The predicted molar refractivity (Wildman–Crippen MR) is 81.4 cm³/mol. The number of aromatic nitrogens is 3. The quantitative estimate of drug-likeness (QED) is 0.552. The van der Waals surface area contributed by atoms with Gasteiger partial charge in [-0.1, -0.05) is 18.7 Å². The molecular formula is C11H21N5O3S2. The lowest BCUT2D eigenvalue weighted by atomic mass is 10.4. The van der Waals surface area contributed by atoms with Crippen LogP contribution >= 0.6 is 11.8 Å². The minimum atomic E-state index is -3.27. The second kappa shape index (κ2) is 8.35. The Kier molecular flexibility index (Phi) is 7.12. The van der Waals surface area contributed by atoms with Gasteiger partial charge in [0.2, 0.25) is 5.91 Å². The van der Waals surface area contributed by atoms with E-state index in [1.54, 1.807) is 0 Å². The maximum Gasteiger partial charge on any atom is 0.218 e. The molecule has 21 heavy (non-hydrogen) atoms. The SMILES string of the molecule is CCCn1c(CN)nnc1SCCS(=O)(=O)CCC(N)=O. The highest BCUT2D eigenvalue weighted by Gasteiger charge is 2.15. The van der Waals surface area contributed by atoms with E-state index in [4.69, 9.17) is 11.5 Å². The lowest BCUT2D eigenvalue weighted by Gasteiger charge is -2.07. The number of thioether (sulfide) groups is 1. The summed E-state index contributed by atoms with van der Waals surface area (Å²) in [4.78, 5) is 10.6. The van der Waals surface area contributed by atoms with Crippen molar-refractivity contribution in [3.8, 4) is 0 Å². The van der Waals surface area contributed by atoms with Crippen LogP contribution in [0.3, 0.4) is 0 Å². The van der Waals surface area contributed by atoms with Crippen LogP contribution in [0.25, 0.3) is 0 Å². The summed E-state index contributed by atoms with van der Waals surface area (Å²) in [6.07, 6.45) is 0.770. The van der Waals surface area contributed by atoms with Crippen LogP contribution in [-0.2, 0) is 27.7 Å². The third-order valence-corrected chi connectivity index (χ3v) is 5.59. The summed E-state index contributed by atoms with van der Waals surface area (Å²) in [5.41, 5.74) is 10.5. The molecule has 0 saturated carbocycles. The number of nitrogens with zero attached hydrogens (tertiary/aromatic N) is 3. The van der Waals surface area contributed by atoms with Gasteiger partial charge in [-0.05, 0) is 6.42 Å². The monoisotopic (exact) mass is 335 g/mol. The van der Waals surface area contributed by atoms with E-state index in [-0.39, 0.29) is 17.9 Å². The Morgan fingerprint density at radius 1 is 1.33 bits per heavy atom. The zero-order chi connectivity index (χ0) is 15.9. The van der Waals surface area contributed by atoms with Gasteiger partial charge in [0.15, 0.2) is 15.0 Å². The van der Waals surface area contributed by atoms with E-state index in [0.717, 1.165) is 13.0 Å². The van der Waals surface area contributed by atoms with E-state index in [0.29, 0.717) is 23.3 Å². The first-order valence-electron chi connectivity index (χ1n) is 6.63. The smallest absolute Gasteiger partial charge is 0.218 e. The summed E-state index contributed by atoms with van der Waals surface area (Å²) < 4.78 is 25.3. The van der Waals surface area contributed by atoms with Crippen molar-refractivity contribution in [1.29, 1.82) is 0 Å². The highest BCUT2D eigenvalue weighted by molar-refractivity contribution is 8.00. The Hall–Kier alpha value is -1.13. The molecule has 0 atom stereocenters.